The molecule has 0 heterocycles. The quantitative estimate of drug-likeness (QED) is 0.435. The Morgan fingerprint density at radius 3 is 2.83 bits per heavy atom. The summed E-state index contributed by atoms with van der Waals surface area (Å²) in [5.74, 6) is 0. The van der Waals surface area contributed by atoms with E-state index in [2.05, 4.69) is 17.1 Å². The van der Waals surface area contributed by atoms with Crippen molar-refractivity contribution in [1.82, 2.24) is 5.48 Å². The van der Waals surface area contributed by atoms with Crippen LogP contribution in [-0.2, 0) is 9.57 Å². The third-order valence-corrected chi connectivity index (χ3v) is 1.16. The van der Waals surface area contributed by atoms with Crippen molar-refractivity contribution in [3.8, 4) is 0 Å². The van der Waals surface area contributed by atoms with Crippen molar-refractivity contribution in [2.45, 2.75) is 19.8 Å². The summed E-state index contributed by atoms with van der Waals surface area (Å²) in [7, 11) is 0. The maximum atomic E-state index is 10.1. The molecule has 0 fully saturated rings. The van der Waals surface area contributed by atoms with E-state index in [0.29, 0.717) is 6.61 Å². The van der Waals surface area contributed by atoms with Gasteiger partial charge in [0.15, 0.2) is 0 Å². The van der Waals surface area contributed by atoms with Gasteiger partial charge in [-0.05, 0) is 6.42 Å². The van der Waals surface area contributed by atoms with Crippen LogP contribution in [0.2, 0.25) is 0 Å². The first-order valence-electron chi connectivity index (χ1n) is 4.04. The smallest absolute Gasteiger partial charge is 0.404 e. The maximum absolute atomic E-state index is 10.1. The topological polar surface area (TPSA) is 73.6 Å². The minimum Gasteiger partial charge on any atom is -0.447 e. The number of unbranched alkanes of at least 4 members (excludes halogenated alkanes) is 1. The molecule has 0 aliphatic rings. The summed E-state index contributed by atoms with van der Waals surface area (Å²) in [4.78, 5) is 15.0. The standard InChI is InChI=1S/C7H16N2O3/c1-2-3-4-9-12-6-5-11-7(8)10/h9H,2-6H2,1H3,(H2,8,10). The number of hydrogen-bond acceptors (Lipinski definition) is 4. The van der Waals surface area contributed by atoms with E-state index in [1.54, 1.807) is 0 Å². The summed E-state index contributed by atoms with van der Waals surface area (Å²) < 4.78 is 4.42. The van der Waals surface area contributed by atoms with E-state index in [1.807, 2.05) is 0 Å². The summed E-state index contributed by atoms with van der Waals surface area (Å²) in [6.07, 6.45) is 1.41. The van der Waals surface area contributed by atoms with E-state index in [-0.39, 0.29) is 6.61 Å². The molecule has 0 aliphatic carbocycles. The summed E-state index contributed by atoms with van der Waals surface area (Å²) in [6.45, 7) is 3.42. The molecule has 12 heavy (non-hydrogen) atoms. The van der Waals surface area contributed by atoms with Crippen LogP contribution in [0.5, 0.6) is 0 Å². The first kappa shape index (κ1) is 11.2. The van der Waals surface area contributed by atoms with Crippen molar-refractivity contribution < 1.29 is 14.4 Å². The van der Waals surface area contributed by atoms with E-state index >= 15 is 0 Å². The van der Waals surface area contributed by atoms with Crippen LogP contribution in [-0.4, -0.2) is 25.9 Å². The van der Waals surface area contributed by atoms with Crippen molar-refractivity contribution in [1.29, 1.82) is 0 Å². The Bertz CT molecular complexity index is 119. The van der Waals surface area contributed by atoms with Crippen LogP contribution < -0.4 is 11.2 Å². The largest absolute Gasteiger partial charge is 0.447 e. The molecule has 0 radical (unpaired) electrons. The number of nitrogens with one attached hydrogen (secondary N) is 1. The second kappa shape index (κ2) is 8.29. The van der Waals surface area contributed by atoms with Gasteiger partial charge in [-0.1, -0.05) is 13.3 Å². The predicted octanol–water partition coefficient (Wildman–Crippen LogP) is 0.403. The number of carbonyl (C=O) groups is 1. The van der Waals surface area contributed by atoms with Crippen molar-refractivity contribution >= 4 is 6.09 Å². The Kier molecular flexibility index (Phi) is 7.73. The molecule has 0 saturated carbocycles. The second-order valence-corrected chi connectivity index (χ2v) is 2.26. The van der Waals surface area contributed by atoms with Crippen molar-refractivity contribution in [3.63, 3.8) is 0 Å². The number of amides is 1. The predicted molar refractivity (Wildman–Crippen MR) is 44.4 cm³/mol. The molecule has 0 aromatic heterocycles. The number of primary amides is 1. The Labute approximate surface area is 72.2 Å². The first-order chi connectivity index (χ1) is 5.77. The summed E-state index contributed by atoms with van der Waals surface area (Å²) in [6, 6.07) is 0. The maximum Gasteiger partial charge on any atom is 0.404 e. The molecule has 0 bridgehead atoms. The average molecular weight is 176 g/mol. The molecule has 0 spiro atoms. The molecule has 0 rings (SSSR count). The molecule has 0 unspecified atom stereocenters. The highest BCUT2D eigenvalue weighted by atomic mass is 16.7. The van der Waals surface area contributed by atoms with Gasteiger partial charge in [0.05, 0.1) is 0 Å². The van der Waals surface area contributed by atoms with Gasteiger partial charge in [-0.25, -0.2) is 10.3 Å². The van der Waals surface area contributed by atoms with Gasteiger partial charge in [0, 0.05) is 6.54 Å². The molecular weight excluding hydrogens is 160 g/mol. The highest BCUT2D eigenvalue weighted by molar-refractivity contribution is 5.64. The summed E-state index contributed by atoms with van der Waals surface area (Å²) in [5.41, 5.74) is 7.45. The zero-order chi connectivity index (χ0) is 9.23. The highest BCUT2D eigenvalue weighted by Gasteiger charge is 1.92. The number of nitrogens with two attached hydrogens (primary N) is 1. The fourth-order valence-corrected chi connectivity index (χ4v) is 0.577. The lowest BCUT2D eigenvalue weighted by Gasteiger charge is -2.04. The zero-order valence-corrected chi connectivity index (χ0v) is 7.34. The Balaban J connectivity index is 2.86. The third-order valence-electron chi connectivity index (χ3n) is 1.16. The van der Waals surface area contributed by atoms with Crippen molar-refractivity contribution in [3.05, 3.63) is 0 Å². The van der Waals surface area contributed by atoms with Gasteiger partial charge >= 0.3 is 6.09 Å². The molecule has 1 amide bonds. The van der Waals surface area contributed by atoms with Crippen LogP contribution in [0.15, 0.2) is 0 Å². The molecule has 72 valence electrons. The lowest BCUT2D eigenvalue weighted by molar-refractivity contribution is 0.0128. The number of rotatable bonds is 7. The monoisotopic (exact) mass is 176 g/mol. The lowest BCUT2D eigenvalue weighted by Crippen LogP contribution is -2.21. The van der Waals surface area contributed by atoms with Crippen LogP contribution in [0.4, 0.5) is 4.79 Å². The minimum atomic E-state index is -0.771. The zero-order valence-electron chi connectivity index (χ0n) is 7.34. The fraction of sp³-hybridized carbons (Fsp3) is 0.857. The van der Waals surface area contributed by atoms with Crippen LogP contribution in [0.1, 0.15) is 19.8 Å². The number of hydroxylamine groups is 1. The molecule has 0 aromatic carbocycles. The molecule has 0 saturated heterocycles. The molecule has 0 aromatic rings. The van der Waals surface area contributed by atoms with E-state index < -0.39 is 6.09 Å². The van der Waals surface area contributed by atoms with Crippen LogP contribution >= 0.6 is 0 Å². The van der Waals surface area contributed by atoms with Crippen LogP contribution in [0, 0.1) is 0 Å². The number of hydrogen-bond donors (Lipinski definition) is 2. The van der Waals surface area contributed by atoms with Gasteiger partial charge in [-0.2, -0.15) is 0 Å². The fourth-order valence-electron chi connectivity index (χ4n) is 0.577. The third kappa shape index (κ3) is 9.19. The second-order valence-electron chi connectivity index (χ2n) is 2.26. The summed E-state index contributed by atoms with van der Waals surface area (Å²) in [5, 5.41) is 0. The van der Waals surface area contributed by atoms with Gasteiger partial charge in [0.1, 0.15) is 13.2 Å². The van der Waals surface area contributed by atoms with Gasteiger partial charge in [-0.15, -0.1) is 0 Å². The highest BCUT2D eigenvalue weighted by Crippen LogP contribution is 1.82. The first-order valence-corrected chi connectivity index (χ1v) is 4.04. The van der Waals surface area contributed by atoms with E-state index in [1.165, 1.54) is 0 Å². The molecular formula is C7H16N2O3. The Morgan fingerprint density at radius 1 is 1.50 bits per heavy atom. The van der Waals surface area contributed by atoms with E-state index in [9.17, 15) is 4.79 Å². The molecule has 3 N–H and O–H groups in total. The Morgan fingerprint density at radius 2 is 2.25 bits per heavy atom. The van der Waals surface area contributed by atoms with Crippen LogP contribution in [0.3, 0.4) is 0 Å². The van der Waals surface area contributed by atoms with E-state index in [4.69, 9.17) is 10.6 Å². The number of carbonyl (C=O) groups excluding carboxylic acids is 1. The lowest BCUT2D eigenvalue weighted by atomic mass is 10.3. The number of ether oxygens (including phenoxy) is 1. The summed E-state index contributed by atoms with van der Waals surface area (Å²) >= 11 is 0. The minimum absolute atomic E-state index is 0.189. The van der Waals surface area contributed by atoms with Gasteiger partial charge < -0.3 is 10.5 Å². The SMILES string of the molecule is CCCCNOCCOC(N)=O. The van der Waals surface area contributed by atoms with Gasteiger partial charge in [0.25, 0.3) is 0 Å². The average Bonchev–Trinajstić information content (AvgIpc) is 2.02. The van der Waals surface area contributed by atoms with Gasteiger partial charge in [-0.3, -0.25) is 4.84 Å². The van der Waals surface area contributed by atoms with E-state index in [0.717, 1.165) is 19.4 Å². The van der Waals surface area contributed by atoms with Crippen molar-refractivity contribution in [2.75, 3.05) is 19.8 Å². The molecule has 0 aliphatic heterocycles. The molecule has 5 heteroatoms. The van der Waals surface area contributed by atoms with Gasteiger partial charge in [0.2, 0.25) is 0 Å². The molecule has 0 atom stereocenters. The normalized spacial score (nSPS) is 9.75. The van der Waals surface area contributed by atoms with Crippen LogP contribution in [0.25, 0.3) is 0 Å². The molecule has 5 nitrogen and oxygen atoms in total. The van der Waals surface area contributed by atoms with Crippen molar-refractivity contribution in [2.24, 2.45) is 5.73 Å². The Hall–Kier alpha value is -0.810.